The molecule has 26 heavy (non-hydrogen) atoms. The number of nitrogens with zero attached hydrogens (tertiary/aromatic N) is 2. The van der Waals surface area contributed by atoms with Crippen molar-refractivity contribution in [2.24, 2.45) is 0 Å². The molecule has 3 rings (SSSR count). The first-order chi connectivity index (χ1) is 12.5. The van der Waals surface area contributed by atoms with Crippen molar-refractivity contribution >= 4 is 27.7 Å². The van der Waals surface area contributed by atoms with Gasteiger partial charge in [0, 0.05) is 26.2 Å². The lowest BCUT2D eigenvalue weighted by molar-refractivity contribution is -0.131. The molecule has 1 aliphatic heterocycles. The molecule has 0 atom stereocenters. The van der Waals surface area contributed by atoms with Crippen LogP contribution in [0.4, 0.5) is 8.78 Å². The highest BCUT2D eigenvalue weighted by atomic mass is 79.9. The van der Waals surface area contributed by atoms with Crippen LogP contribution in [0.5, 0.6) is 0 Å². The SMILES string of the molecule is O=C(Cc1ccc(Br)c(F)c1)N1CCN(C(=O)c2ccccc2F)CC1. The standard InChI is InChI=1S/C19H17BrF2N2O2/c20-15-6-5-13(11-17(15)22)12-18(25)23-7-9-24(10-8-23)19(26)14-3-1-2-4-16(14)21/h1-6,11H,7-10,12H2. The first-order valence-electron chi connectivity index (χ1n) is 8.21. The van der Waals surface area contributed by atoms with Gasteiger partial charge in [0.2, 0.25) is 5.91 Å². The Morgan fingerprint density at radius 3 is 2.23 bits per heavy atom. The molecule has 0 aromatic heterocycles. The first kappa shape index (κ1) is 18.5. The van der Waals surface area contributed by atoms with Gasteiger partial charge in [0.05, 0.1) is 16.5 Å². The molecule has 0 bridgehead atoms. The molecule has 0 saturated carbocycles. The number of benzene rings is 2. The molecule has 0 N–H and O–H groups in total. The summed E-state index contributed by atoms with van der Waals surface area (Å²) >= 11 is 3.08. The van der Waals surface area contributed by atoms with Crippen LogP contribution >= 0.6 is 15.9 Å². The van der Waals surface area contributed by atoms with Crippen LogP contribution in [-0.4, -0.2) is 47.8 Å². The molecule has 4 nitrogen and oxygen atoms in total. The summed E-state index contributed by atoms with van der Waals surface area (Å²) in [5.74, 6) is -1.45. The molecule has 1 saturated heterocycles. The fourth-order valence-corrected chi connectivity index (χ4v) is 3.15. The molecule has 0 unspecified atom stereocenters. The Bertz CT molecular complexity index is 836. The third-order valence-corrected chi connectivity index (χ3v) is 5.01. The largest absolute Gasteiger partial charge is 0.339 e. The second-order valence-electron chi connectivity index (χ2n) is 6.08. The average molecular weight is 423 g/mol. The minimum atomic E-state index is -0.548. The van der Waals surface area contributed by atoms with Gasteiger partial charge < -0.3 is 9.80 Å². The van der Waals surface area contributed by atoms with Crippen molar-refractivity contribution in [1.82, 2.24) is 9.80 Å². The number of carbonyl (C=O) groups is 2. The van der Waals surface area contributed by atoms with Crippen molar-refractivity contribution < 1.29 is 18.4 Å². The number of piperazine rings is 1. The molecule has 1 aliphatic rings. The summed E-state index contributed by atoms with van der Waals surface area (Å²) in [6.07, 6.45) is 0.103. The van der Waals surface area contributed by atoms with Crippen LogP contribution in [0.1, 0.15) is 15.9 Å². The molecule has 1 heterocycles. The van der Waals surface area contributed by atoms with Crippen LogP contribution in [0.3, 0.4) is 0 Å². The van der Waals surface area contributed by atoms with Crippen molar-refractivity contribution in [1.29, 1.82) is 0 Å². The van der Waals surface area contributed by atoms with E-state index in [0.717, 1.165) is 0 Å². The van der Waals surface area contributed by atoms with E-state index >= 15 is 0 Å². The van der Waals surface area contributed by atoms with E-state index in [1.54, 1.807) is 28.0 Å². The van der Waals surface area contributed by atoms with Crippen molar-refractivity contribution in [3.63, 3.8) is 0 Å². The highest BCUT2D eigenvalue weighted by molar-refractivity contribution is 9.10. The summed E-state index contributed by atoms with van der Waals surface area (Å²) in [7, 11) is 0. The minimum Gasteiger partial charge on any atom is -0.339 e. The quantitative estimate of drug-likeness (QED) is 0.761. The van der Waals surface area contributed by atoms with Gasteiger partial charge in [-0.1, -0.05) is 18.2 Å². The molecule has 1 fully saturated rings. The number of hydrogen-bond donors (Lipinski definition) is 0. The highest BCUT2D eigenvalue weighted by Gasteiger charge is 2.26. The van der Waals surface area contributed by atoms with Crippen LogP contribution in [0.25, 0.3) is 0 Å². The summed E-state index contributed by atoms with van der Waals surface area (Å²) < 4.78 is 27.7. The molecule has 2 aromatic rings. The van der Waals surface area contributed by atoms with E-state index in [1.165, 1.54) is 24.3 Å². The Morgan fingerprint density at radius 1 is 0.923 bits per heavy atom. The van der Waals surface area contributed by atoms with E-state index < -0.39 is 11.6 Å². The zero-order valence-corrected chi connectivity index (χ0v) is 15.5. The van der Waals surface area contributed by atoms with Crippen LogP contribution in [-0.2, 0) is 11.2 Å². The van der Waals surface area contributed by atoms with E-state index in [9.17, 15) is 18.4 Å². The van der Waals surface area contributed by atoms with Gasteiger partial charge in [-0.15, -0.1) is 0 Å². The minimum absolute atomic E-state index is 0.0395. The Balaban J connectivity index is 1.57. The number of halogens is 3. The summed E-state index contributed by atoms with van der Waals surface area (Å²) in [5.41, 5.74) is 0.637. The van der Waals surface area contributed by atoms with Crippen molar-refractivity contribution in [3.8, 4) is 0 Å². The van der Waals surface area contributed by atoms with Gasteiger partial charge >= 0.3 is 0 Å². The van der Waals surface area contributed by atoms with Gasteiger partial charge in [0.15, 0.2) is 0 Å². The third-order valence-electron chi connectivity index (χ3n) is 4.36. The van der Waals surface area contributed by atoms with Crippen LogP contribution < -0.4 is 0 Å². The van der Waals surface area contributed by atoms with Gasteiger partial charge in [0.25, 0.3) is 5.91 Å². The van der Waals surface area contributed by atoms with Gasteiger partial charge in [-0.3, -0.25) is 9.59 Å². The van der Waals surface area contributed by atoms with Crippen LogP contribution in [0, 0.1) is 11.6 Å². The lowest BCUT2D eigenvalue weighted by Crippen LogP contribution is -2.51. The van der Waals surface area contributed by atoms with Gasteiger partial charge in [-0.2, -0.15) is 0 Å². The summed E-state index contributed by atoms with van der Waals surface area (Å²) in [6.45, 7) is 1.43. The molecule has 2 amide bonds. The second-order valence-corrected chi connectivity index (χ2v) is 6.93. The molecule has 0 spiro atoms. The van der Waals surface area contributed by atoms with Crippen molar-refractivity contribution in [2.75, 3.05) is 26.2 Å². The first-order valence-corrected chi connectivity index (χ1v) is 9.00. The molecule has 136 valence electrons. The number of amides is 2. The fourth-order valence-electron chi connectivity index (χ4n) is 2.90. The topological polar surface area (TPSA) is 40.6 Å². The maximum absolute atomic E-state index is 13.8. The predicted molar refractivity (Wildman–Crippen MR) is 96.7 cm³/mol. The summed E-state index contributed by atoms with van der Waals surface area (Å²) in [5, 5.41) is 0. The lowest BCUT2D eigenvalue weighted by Gasteiger charge is -2.35. The average Bonchev–Trinajstić information content (AvgIpc) is 2.65. The zero-order chi connectivity index (χ0) is 18.7. The van der Waals surface area contributed by atoms with Gasteiger partial charge in [0.1, 0.15) is 11.6 Å². The smallest absolute Gasteiger partial charge is 0.256 e. The van der Waals surface area contributed by atoms with E-state index in [1.807, 2.05) is 0 Å². The van der Waals surface area contributed by atoms with Crippen molar-refractivity contribution in [3.05, 3.63) is 69.7 Å². The number of hydrogen-bond acceptors (Lipinski definition) is 2. The number of rotatable bonds is 3. The predicted octanol–water partition coefficient (Wildman–Crippen LogP) is 3.25. The molecule has 0 radical (unpaired) electrons. The van der Waals surface area contributed by atoms with Crippen LogP contribution in [0.15, 0.2) is 46.9 Å². The fraction of sp³-hybridized carbons (Fsp3) is 0.263. The Labute approximate surface area is 158 Å². The lowest BCUT2D eigenvalue weighted by atomic mass is 10.1. The Hall–Kier alpha value is -2.28. The van der Waals surface area contributed by atoms with Gasteiger partial charge in [-0.25, -0.2) is 8.78 Å². The normalized spacial score (nSPS) is 14.4. The molecule has 0 aliphatic carbocycles. The molecular weight excluding hydrogens is 406 g/mol. The maximum Gasteiger partial charge on any atom is 0.256 e. The van der Waals surface area contributed by atoms with E-state index in [4.69, 9.17) is 0 Å². The van der Waals surface area contributed by atoms with E-state index in [0.29, 0.717) is 36.2 Å². The Morgan fingerprint density at radius 2 is 1.58 bits per heavy atom. The highest BCUT2D eigenvalue weighted by Crippen LogP contribution is 2.18. The monoisotopic (exact) mass is 422 g/mol. The van der Waals surface area contributed by atoms with Gasteiger partial charge in [-0.05, 0) is 45.8 Å². The summed E-state index contributed by atoms with van der Waals surface area (Å²) in [6, 6.07) is 10.5. The molecular formula is C19H17BrF2N2O2. The maximum atomic E-state index is 13.8. The summed E-state index contributed by atoms with van der Waals surface area (Å²) in [4.78, 5) is 28.0. The third kappa shape index (κ3) is 4.09. The molecule has 2 aromatic carbocycles. The van der Waals surface area contributed by atoms with E-state index in [-0.39, 0.29) is 23.8 Å². The molecule has 7 heteroatoms. The van der Waals surface area contributed by atoms with Crippen LogP contribution in [0.2, 0.25) is 0 Å². The zero-order valence-electron chi connectivity index (χ0n) is 13.9. The van der Waals surface area contributed by atoms with Crippen molar-refractivity contribution in [2.45, 2.75) is 6.42 Å². The number of carbonyl (C=O) groups excluding carboxylic acids is 2. The Kier molecular flexibility index (Phi) is 5.66. The van der Waals surface area contributed by atoms with E-state index in [2.05, 4.69) is 15.9 Å². The second kappa shape index (κ2) is 7.95.